The number of carbonyl (C=O) groups is 1. The van der Waals surface area contributed by atoms with Crippen LogP contribution in [-0.2, 0) is 4.79 Å². The Morgan fingerprint density at radius 1 is 1.38 bits per heavy atom. The van der Waals surface area contributed by atoms with Crippen molar-refractivity contribution in [3.8, 4) is 5.88 Å². The number of amides is 1. The smallest absolute Gasteiger partial charge is 0.239 e. The third-order valence-corrected chi connectivity index (χ3v) is 4.25. The van der Waals surface area contributed by atoms with Crippen molar-refractivity contribution in [1.82, 2.24) is 10.3 Å². The van der Waals surface area contributed by atoms with Crippen molar-refractivity contribution in [1.29, 1.82) is 0 Å². The number of rotatable bonds is 3. The average Bonchev–Trinajstić information content (AvgIpc) is 2.86. The molecule has 0 bridgehead atoms. The number of nitrogens with zero attached hydrogens (tertiary/aromatic N) is 1. The van der Waals surface area contributed by atoms with Crippen LogP contribution in [0.1, 0.15) is 28.8 Å². The molecule has 0 aliphatic carbocycles. The summed E-state index contributed by atoms with van der Waals surface area (Å²) in [6.45, 7) is 0. The zero-order valence-electron chi connectivity index (χ0n) is 11.3. The predicted molar refractivity (Wildman–Crippen MR) is 86.9 cm³/mol. The highest BCUT2D eigenvalue weighted by atomic mass is 127. The number of methoxy groups -OCH3 is 1. The van der Waals surface area contributed by atoms with Gasteiger partial charge in [0.05, 0.1) is 13.2 Å². The van der Waals surface area contributed by atoms with Gasteiger partial charge in [-0.25, -0.2) is 4.98 Å². The van der Waals surface area contributed by atoms with Crippen LogP contribution >= 0.6 is 22.6 Å². The second kappa shape index (κ2) is 5.61. The van der Waals surface area contributed by atoms with Gasteiger partial charge in [-0.1, -0.05) is 12.1 Å². The van der Waals surface area contributed by atoms with Crippen LogP contribution in [0.15, 0.2) is 36.5 Å². The fraction of sp³-hybridized carbons (Fsp3) is 0.200. The highest BCUT2D eigenvalue weighted by Gasteiger charge is 2.35. The summed E-state index contributed by atoms with van der Waals surface area (Å²) in [5.74, 6) is 0.0720. The highest BCUT2D eigenvalue weighted by Crippen LogP contribution is 2.38. The van der Waals surface area contributed by atoms with Crippen LogP contribution in [0.3, 0.4) is 0 Å². The molecule has 108 valence electrons. The molecule has 2 unspecified atom stereocenters. The molecule has 1 aliphatic rings. The van der Waals surface area contributed by atoms with Crippen LogP contribution in [0.5, 0.6) is 5.88 Å². The Bertz CT molecular complexity index is 705. The van der Waals surface area contributed by atoms with Crippen molar-refractivity contribution in [2.45, 2.75) is 12.1 Å². The van der Waals surface area contributed by atoms with E-state index < -0.39 is 11.9 Å². The van der Waals surface area contributed by atoms with Crippen LogP contribution in [0, 0.1) is 3.57 Å². The molecule has 3 N–H and O–H groups in total. The Morgan fingerprint density at radius 3 is 2.86 bits per heavy atom. The lowest BCUT2D eigenvalue weighted by Crippen LogP contribution is -2.30. The first kappa shape index (κ1) is 14.3. The third-order valence-electron chi connectivity index (χ3n) is 3.57. The van der Waals surface area contributed by atoms with Gasteiger partial charge in [-0.05, 0) is 51.4 Å². The van der Waals surface area contributed by atoms with Crippen molar-refractivity contribution < 1.29 is 9.53 Å². The molecule has 0 fully saturated rings. The minimum Gasteiger partial charge on any atom is -0.481 e. The molecular weight excluding hydrogens is 381 g/mol. The first-order valence-corrected chi connectivity index (χ1v) is 7.52. The summed E-state index contributed by atoms with van der Waals surface area (Å²) >= 11 is 2.27. The molecule has 1 aromatic heterocycles. The number of hydrogen-bond acceptors (Lipinski definition) is 4. The van der Waals surface area contributed by atoms with E-state index in [1.807, 2.05) is 18.2 Å². The number of nitrogens with two attached hydrogens (primary N) is 1. The number of hydrogen-bond donors (Lipinski definition) is 2. The monoisotopic (exact) mass is 395 g/mol. The van der Waals surface area contributed by atoms with Crippen molar-refractivity contribution in [3.05, 3.63) is 56.8 Å². The average molecular weight is 395 g/mol. The van der Waals surface area contributed by atoms with Gasteiger partial charge in [-0.3, -0.25) is 10.1 Å². The number of halogens is 1. The molecule has 0 saturated carbocycles. The van der Waals surface area contributed by atoms with Gasteiger partial charge in [-0.2, -0.15) is 0 Å². The molecule has 5 nitrogen and oxygen atoms in total. The minimum absolute atomic E-state index is 0.0920. The van der Waals surface area contributed by atoms with Crippen molar-refractivity contribution >= 4 is 28.5 Å². The lowest BCUT2D eigenvalue weighted by atomic mass is 9.99. The van der Waals surface area contributed by atoms with E-state index >= 15 is 0 Å². The number of carbonyl (C=O) groups excluding carboxylic acids is 1. The molecule has 3 rings (SSSR count). The molecule has 0 radical (unpaired) electrons. The lowest BCUT2D eigenvalue weighted by molar-refractivity contribution is -0.120. The summed E-state index contributed by atoms with van der Waals surface area (Å²) in [6.07, 6.45) is 1.74. The molecule has 2 aromatic rings. The number of ether oxygens (including phenoxy) is 1. The van der Waals surface area contributed by atoms with Gasteiger partial charge < -0.3 is 10.5 Å². The molecule has 1 aliphatic heterocycles. The van der Waals surface area contributed by atoms with E-state index in [0.29, 0.717) is 5.88 Å². The number of primary amides is 1. The van der Waals surface area contributed by atoms with E-state index in [0.717, 1.165) is 20.3 Å². The maximum atomic E-state index is 11.7. The number of benzene rings is 1. The van der Waals surface area contributed by atoms with E-state index in [-0.39, 0.29) is 6.04 Å². The van der Waals surface area contributed by atoms with Crippen LogP contribution < -0.4 is 15.8 Å². The number of aromatic nitrogens is 1. The number of fused-ring (bicyclic) bond motifs is 1. The Kier molecular flexibility index (Phi) is 3.81. The fourth-order valence-electron chi connectivity index (χ4n) is 2.61. The van der Waals surface area contributed by atoms with Gasteiger partial charge in [0.25, 0.3) is 0 Å². The summed E-state index contributed by atoms with van der Waals surface area (Å²) in [7, 11) is 1.55. The Labute approximate surface area is 136 Å². The SMILES string of the molecule is COc1cc2c(cn1)C(c1cccc(I)c1)NC2C(N)=O. The van der Waals surface area contributed by atoms with Crippen LogP contribution in [0.25, 0.3) is 0 Å². The van der Waals surface area contributed by atoms with E-state index in [1.165, 1.54) is 0 Å². The van der Waals surface area contributed by atoms with Crippen molar-refractivity contribution in [2.24, 2.45) is 5.73 Å². The topological polar surface area (TPSA) is 77.2 Å². The molecule has 0 spiro atoms. The Hall–Kier alpha value is -1.67. The first-order valence-electron chi connectivity index (χ1n) is 6.45. The molecule has 1 aromatic carbocycles. The Balaban J connectivity index is 2.09. The summed E-state index contributed by atoms with van der Waals surface area (Å²) in [6, 6.07) is 9.27. The summed E-state index contributed by atoms with van der Waals surface area (Å²) in [4.78, 5) is 15.9. The van der Waals surface area contributed by atoms with Gasteiger partial charge in [0, 0.05) is 15.8 Å². The Morgan fingerprint density at radius 2 is 2.19 bits per heavy atom. The normalized spacial score (nSPS) is 20.1. The number of nitrogens with one attached hydrogen (secondary N) is 1. The zero-order valence-corrected chi connectivity index (χ0v) is 13.5. The quantitative estimate of drug-likeness (QED) is 0.779. The van der Waals surface area contributed by atoms with E-state index in [4.69, 9.17) is 10.5 Å². The first-order chi connectivity index (χ1) is 10.1. The van der Waals surface area contributed by atoms with E-state index in [9.17, 15) is 4.79 Å². The van der Waals surface area contributed by atoms with Gasteiger partial charge >= 0.3 is 0 Å². The molecule has 21 heavy (non-hydrogen) atoms. The van der Waals surface area contributed by atoms with Gasteiger partial charge in [0.2, 0.25) is 11.8 Å². The second-order valence-corrected chi connectivity index (χ2v) is 6.09. The molecule has 2 heterocycles. The molecule has 1 amide bonds. The summed E-state index contributed by atoms with van der Waals surface area (Å²) in [5, 5.41) is 3.28. The summed E-state index contributed by atoms with van der Waals surface area (Å²) in [5.41, 5.74) is 8.38. The maximum Gasteiger partial charge on any atom is 0.239 e. The van der Waals surface area contributed by atoms with Gasteiger partial charge in [0.15, 0.2) is 0 Å². The lowest BCUT2D eigenvalue weighted by Gasteiger charge is -2.14. The predicted octanol–water partition coefficient (Wildman–Crippen LogP) is 1.91. The van der Waals surface area contributed by atoms with Crippen LogP contribution in [0.2, 0.25) is 0 Å². The standard InChI is InChI=1S/C15H14IN3O2/c1-21-12-6-10-11(7-18-12)13(19-14(10)15(17)20)8-3-2-4-9(16)5-8/h2-7,13-14,19H,1H3,(H2,17,20). The zero-order chi connectivity index (χ0) is 15.0. The molecular formula is C15H14IN3O2. The third kappa shape index (κ3) is 2.60. The second-order valence-electron chi connectivity index (χ2n) is 4.85. The molecule has 6 heteroatoms. The largest absolute Gasteiger partial charge is 0.481 e. The maximum absolute atomic E-state index is 11.7. The van der Waals surface area contributed by atoms with Crippen molar-refractivity contribution in [3.63, 3.8) is 0 Å². The molecule has 0 saturated heterocycles. The highest BCUT2D eigenvalue weighted by molar-refractivity contribution is 14.1. The summed E-state index contributed by atoms with van der Waals surface area (Å²) < 4.78 is 6.27. The van der Waals surface area contributed by atoms with Gasteiger partial charge in [0.1, 0.15) is 6.04 Å². The van der Waals surface area contributed by atoms with E-state index in [1.54, 1.807) is 19.4 Å². The van der Waals surface area contributed by atoms with Crippen LogP contribution in [0.4, 0.5) is 0 Å². The number of pyridine rings is 1. The molecule has 2 atom stereocenters. The van der Waals surface area contributed by atoms with E-state index in [2.05, 4.69) is 39.0 Å². The van der Waals surface area contributed by atoms with Crippen molar-refractivity contribution in [2.75, 3.05) is 7.11 Å². The van der Waals surface area contributed by atoms with Crippen LogP contribution in [-0.4, -0.2) is 18.0 Å². The minimum atomic E-state index is -0.528. The van der Waals surface area contributed by atoms with Gasteiger partial charge in [-0.15, -0.1) is 0 Å². The fourth-order valence-corrected chi connectivity index (χ4v) is 3.17.